The van der Waals surface area contributed by atoms with Crippen molar-refractivity contribution in [2.75, 3.05) is 6.73 Å². The van der Waals surface area contributed by atoms with Gasteiger partial charge in [0.15, 0.2) is 0 Å². The standard InChI is InChI=1S/C11H9NO2S2/c13-7-12-10(14)9(16-11(12)15)6-8-4-2-1-3-5-8/h1-6,13H,7H2/b9-6+. The second kappa shape index (κ2) is 4.78. The van der Waals surface area contributed by atoms with Crippen LogP contribution in [0.1, 0.15) is 5.56 Å². The average molecular weight is 251 g/mol. The third-order valence-corrected chi connectivity index (χ3v) is 3.49. The summed E-state index contributed by atoms with van der Waals surface area (Å²) in [4.78, 5) is 13.5. The van der Waals surface area contributed by atoms with Gasteiger partial charge < -0.3 is 5.11 Å². The molecule has 1 aliphatic heterocycles. The summed E-state index contributed by atoms with van der Waals surface area (Å²) in [6.45, 7) is -0.364. The number of nitrogens with zero attached hydrogens (tertiary/aromatic N) is 1. The fourth-order valence-electron chi connectivity index (χ4n) is 1.32. The number of benzene rings is 1. The minimum atomic E-state index is -0.364. The second-order valence-electron chi connectivity index (χ2n) is 3.16. The molecule has 0 bridgehead atoms. The quantitative estimate of drug-likeness (QED) is 0.643. The lowest BCUT2D eigenvalue weighted by Gasteiger charge is -2.08. The van der Waals surface area contributed by atoms with Crippen molar-refractivity contribution >= 4 is 40.3 Å². The molecule has 1 N–H and O–H groups in total. The first-order valence-corrected chi connectivity index (χ1v) is 5.86. The molecule has 0 spiro atoms. The molecule has 1 aromatic carbocycles. The highest BCUT2D eigenvalue weighted by atomic mass is 32.2. The van der Waals surface area contributed by atoms with Crippen LogP contribution < -0.4 is 0 Å². The number of thioether (sulfide) groups is 1. The molecule has 5 heteroatoms. The molecule has 82 valence electrons. The summed E-state index contributed by atoms with van der Waals surface area (Å²) < 4.78 is 0.398. The van der Waals surface area contributed by atoms with Gasteiger partial charge in [-0.25, -0.2) is 0 Å². The highest BCUT2D eigenvalue weighted by Crippen LogP contribution is 2.31. The maximum absolute atomic E-state index is 11.7. The Bertz CT molecular complexity index is 456. The molecule has 16 heavy (non-hydrogen) atoms. The van der Waals surface area contributed by atoms with E-state index in [-0.39, 0.29) is 12.6 Å². The van der Waals surface area contributed by atoms with Crippen LogP contribution >= 0.6 is 24.0 Å². The predicted molar refractivity (Wildman–Crippen MR) is 68.5 cm³/mol. The molecule has 1 aliphatic rings. The lowest BCUT2D eigenvalue weighted by atomic mass is 10.2. The maximum Gasteiger partial charge on any atom is 0.268 e. The van der Waals surface area contributed by atoms with Crippen molar-refractivity contribution in [1.29, 1.82) is 0 Å². The zero-order chi connectivity index (χ0) is 11.5. The molecule has 1 heterocycles. The van der Waals surface area contributed by atoms with Gasteiger partial charge in [-0.3, -0.25) is 9.69 Å². The van der Waals surface area contributed by atoms with E-state index in [4.69, 9.17) is 17.3 Å². The monoisotopic (exact) mass is 251 g/mol. The Balaban J connectivity index is 2.27. The van der Waals surface area contributed by atoms with Crippen molar-refractivity contribution in [3.05, 3.63) is 40.8 Å². The zero-order valence-corrected chi connectivity index (χ0v) is 9.92. The van der Waals surface area contributed by atoms with E-state index in [0.717, 1.165) is 5.56 Å². The minimum absolute atomic E-state index is 0.235. The SMILES string of the molecule is O=C1/C(=C\c2ccccc2)SC(=S)N1CO. The van der Waals surface area contributed by atoms with E-state index in [0.29, 0.717) is 9.23 Å². The number of hydrogen-bond donors (Lipinski definition) is 1. The summed E-state index contributed by atoms with van der Waals surface area (Å²) in [6, 6.07) is 9.53. The number of amides is 1. The molecule has 0 aromatic heterocycles. The van der Waals surface area contributed by atoms with E-state index < -0.39 is 0 Å². The first-order chi connectivity index (χ1) is 7.72. The Morgan fingerprint density at radius 2 is 2.06 bits per heavy atom. The van der Waals surface area contributed by atoms with Crippen molar-refractivity contribution in [2.24, 2.45) is 0 Å². The van der Waals surface area contributed by atoms with Crippen LogP contribution in [0.25, 0.3) is 6.08 Å². The van der Waals surface area contributed by atoms with Gasteiger partial charge in [-0.05, 0) is 11.6 Å². The average Bonchev–Trinajstić information content (AvgIpc) is 2.55. The van der Waals surface area contributed by atoms with Gasteiger partial charge in [-0.15, -0.1) is 0 Å². The summed E-state index contributed by atoms with van der Waals surface area (Å²) in [6.07, 6.45) is 1.77. The molecule has 1 amide bonds. The molecule has 0 radical (unpaired) electrons. The first kappa shape index (κ1) is 11.3. The first-order valence-electron chi connectivity index (χ1n) is 4.63. The summed E-state index contributed by atoms with van der Waals surface area (Å²) in [7, 11) is 0. The van der Waals surface area contributed by atoms with Crippen molar-refractivity contribution < 1.29 is 9.90 Å². The van der Waals surface area contributed by atoms with Crippen LogP contribution in [0.15, 0.2) is 35.2 Å². The van der Waals surface area contributed by atoms with Crippen molar-refractivity contribution in [1.82, 2.24) is 4.90 Å². The van der Waals surface area contributed by atoms with E-state index in [1.165, 1.54) is 16.7 Å². The van der Waals surface area contributed by atoms with E-state index in [1.807, 2.05) is 30.3 Å². The summed E-state index contributed by atoms with van der Waals surface area (Å²) >= 11 is 6.19. The van der Waals surface area contributed by atoms with Crippen LogP contribution in [-0.2, 0) is 4.79 Å². The second-order valence-corrected chi connectivity index (χ2v) is 4.84. The molecule has 1 fully saturated rings. The normalized spacial score (nSPS) is 18.6. The van der Waals surface area contributed by atoms with Gasteiger partial charge in [0, 0.05) is 0 Å². The molecule has 0 unspecified atom stereocenters. The van der Waals surface area contributed by atoms with Gasteiger partial charge >= 0.3 is 0 Å². The number of aliphatic hydroxyl groups excluding tert-OH is 1. The fourth-order valence-corrected chi connectivity index (χ4v) is 2.56. The lowest BCUT2D eigenvalue weighted by Crippen LogP contribution is -2.28. The van der Waals surface area contributed by atoms with Gasteiger partial charge in [0.05, 0.1) is 4.91 Å². The lowest BCUT2D eigenvalue weighted by molar-refractivity contribution is -0.124. The Hall–Kier alpha value is -1.17. The molecular formula is C11H9NO2S2. The van der Waals surface area contributed by atoms with Gasteiger partial charge in [0.1, 0.15) is 11.1 Å². The number of hydrogen-bond acceptors (Lipinski definition) is 4. The number of thiocarbonyl (C=S) groups is 1. The number of rotatable bonds is 2. The number of carbonyl (C=O) groups is 1. The number of carbonyl (C=O) groups excluding carboxylic acids is 1. The summed E-state index contributed by atoms with van der Waals surface area (Å²) in [5.41, 5.74) is 0.945. The van der Waals surface area contributed by atoms with Crippen LogP contribution in [0.3, 0.4) is 0 Å². The highest BCUT2D eigenvalue weighted by molar-refractivity contribution is 8.26. The molecule has 0 atom stereocenters. The Morgan fingerprint density at radius 3 is 2.62 bits per heavy atom. The molecular weight excluding hydrogens is 242 g/mol. The molecule has 0 saturated carbocycles. The largest absolute Gasteiger partial charge is 0.376 e. The number of aliphatic hydroxyl groups is 1. The van der Waals surface area contributed by atoms with Gasteiger partial charge in [0.25, 0.3) is 5.91 Å². The van der Waals surface area contributed by atoms with Crippen LogP contribution in [0.2, 0.25) is 0 Å². The topological polar surface area (TPSA) is 40.5 Å². The molecule has 1 saturated heterocycles. The zero-order valence-electron chi connectivity index (χ0n) is 8.29. The Kier molecular flexibility index (Phi) is 3.38. The smallest absolute Gasteiger partial charge is 0.268 e. The van der Waals surface area contributed by atoms with Gasteiger partial charge in [0.2, 0.25) is 0 Å². The van der Waals surface area contributed by atoms with E-state index in [9.17, 15) is 4.79 Å². The van der Waals surface area contributed by atoms with Crippen molar-refractivity contribution in [2.45, 2.75) is 0 Å². The van der Waals surface area contributed by atoms with E-state index >= 15 is 0 Å². The molecule has 1 aromatic rings. The van der Waals surface area contributed by atoms with Crippen LogP contribution in [-0.4, -0.2) is 27.0 Å². The Labute approximate surface area is 103 Å². The highest BCUT2D eigenvalue weighted by Gasteiger charge is 2.31. The molecule has 3 nitrogen and oxygen atoms in total. The Morgan fingerprint density at radius 1 is 1.38 bits per heavy atom. The maximum atomic E-state index is 11.7. The molecule has 2 rings (SSSR count). The summed E-state index contributed by atoms with van der Waals surface area (Å²) in [5, 5.41) is 8.97. The third-order valence-electron chi connectivity index (χ3n) is 2.11. The van der Waals surface area contributed by atoms with Crippen molar-refractivity contribution in [3.63, 3.8) is 0 Å². The van der Waals surface area contributed by atoms with Crippen molar-refractivity contribution in [3.8, 4) is 0 Å². The van der Waals surface area contributed by atoms with Gasteiger partial charge in [-0.1, -0.05) is 54.3 Å². The van der Waals surface area contributed by atoms with Crippen LogP contribution in [0.4, 0.5) is 0 Å². The molecule has 0 aliphatic carbocycles. The van der Waals surface area contributed by atoms with Gasteiger partial charge in [-0.2, -0.15) is 0 Å². The van der Waals surface area contributed by atoms with E-state index in [1.54, 1.807) is 6.08 Å². The third kappa shape index (κ3) is 2.16. The fraction of sp³-hybridized carbons (Fsp3) is 0.0909. The van der Waals surface area contributed by atoms with Crippen LogP contribution in [0.5, 0.6) is 0 Å². The summed E-state index contributed by atoms with van der Waals surface area (Å²) in [5.74, 6) is -0.235. The predicted octanol–water partition coefficient (Wildman–Crippen LogP) is 1.84. The van der Waals surface area contributed by atoms with Crippen LogP contribution in [0, 0.1) is 0 Å². The van der Waals surface area contributed by atoms with E-state index in [2.05, 4.69) is 0 Å². The minimum Gasteiger partial charge on any atom is -0.376 e.